The van der Waals surface area contributed by atoms with E-state index in [0.29, 0.717) is 29.7 Å². The first-order valence-electron chi connectivity index (χ1n) is 9.44. The van der Waals surface area contributed by atoms with Gasteiger partial charge in [-0.1, -0.05) is 48.3 Å². The van der Waals surface area contributed by atoms with Crippen LogP contribution in [0.15, 0.2) is 57.8 Å². The number of aromatic nitrogens is 2. The highest BCUT2D eigenvalue weighted by Crippen LogP contribution is 2.43. The van der Waals surface area contributed by atoms with Gasteiger partial charge < -0.3 is 5.32 Å². The van der Waals surface area contributed by atoms with Crippen LogP contribution in [-0.2, 0) is 16.4 Å². The lowest BCUT2D eigenvalue weighted by atomic mass is 9.77. The first-order valence-corrected chi connectivity index (χ1v) is 9.44. The number of H-pyrrole nitrogens is 1. The van der Waals surface area contributed by atoms with Gasteiger partial charge in [-0.2, -0.15) is 13.2 Å². The quantitative estimate of drug-likeness (QED) is 0.654. The normalized spacial score (nSPS) is 15.8. The minimum atomic E-state index is -4.48. The largest absolute Gasteiger partial charge is 0.439 e. The fourth-order valence-corrected chi connectivity index (χ4v) is 3.97. The van der Waals surface area contributed by atoms with E-state index >= 15 is 0 Å². The molecular formula is C21H18F3N3O3. The van der Waals surface area contributed by atoms with Crippen molar-refractivity contribution < 1.29 is 22.5 Å². The highest BCUT2D eigenvalue weighted by molar-refractivity contribution is 5.99. The standard InChI is InChI=1S/C21H18F3N3O3/c22-21(23,24)15-7-4-6-14(12-15)20(9-1-2-10-20)18(28)25-16-8-3-5-13(11-16)17-26-19(29)30-27-17/h3-8,11-12H,1-2,9-10H2,(H,25,28)(H,26,27,29). The third kappa shape index (κ3) is 3.74. The van der Waals surface area contributed by atoms with E-state index in [1.807, 2.05) is 0 Å². The molecule has 156 valence electrons. The second kappa shape index (κ2) is 7.47. The number of hydrogen-bond acceptors (Lipinski definition) is 4. The van der Waals surface area contributed by atoms with Crippen molar-refractivity contribution in [3.63, 3.8) is 0 Å². The number of benzene rings is 2. The van der Waals surface area contributed by atoms with Gasteiger partial charge in [0, 0.05) is 11.3 Å². The maximum atomic E-state index is 13.3. The predicted octanol–water partition coefficient (Wildman–Crippen LogP) is 4.50. The maximum absolute atomic E-state index is 13.3. The maximum Gasteiger partial charge on any atom is 0.439 e. The molecule has 3 aromatic rings. The molecule has 1 aliphatic carbocycles. The summed E-state index contributed by atoms with van der Waals surface area (Å²) < 4.78 is 44.1. The molecule has 1 fully saturated rings. The number of carbonyl (C=O) groups excluding carboxylic acids is 1. The fourth-order valence-electron chi connectivity index (χ4n) is 3.97. The smallest absolute Gasteiger partial charge is 0.325 e. The van der Waals surface area contributed by atoms with E-state index in [2.05, 4.69) is 20.0 Å². The second-order valence-electron chi connectivity index (χ2n) is 7.35. The highest BCUT2D eigenvalue weighted by Gasteiger charge is 2.44. The second-order valence-corrected chi connectivity index (χ2v) is 7.35. The lowest BCUT2D eigenvalue weighted by Gasteiger charge is -2.29. The monoisotopic (exact) mass is 417 g/mol. The van der Waals surface area contributed by atoms with E-state index in [9.17, 15) is 22.8 Å². The summed E-state index contributed by atoms with van der Waals surface area (Å²) in [7, 11) is 0. The van der Waals surface area contributed by atoms with Gasteiger partial charge in [0.05, 0.1) is 11.0 Å². The van der Waals surface area contributed by atoms with Crippen LogP contribution in [0, 0.1) is 0 Å². The van der Waals surface area contributed by atoms with Crippen molar-refractivity contribution in [1.29, 1.82) is 0 Å². The number of nitrogens with one attached hydrogen (secondary N) is 2. The molecular weight excluding hydrogens is 399 g/mol. The van der Waals surface area contributed by atoms with Gasteiger partial charge in [0.2, 0.25) is 5.91 Å². The molecule has 6 nitrogen and oxygen atoms in total. The molecule has 0 aliphatic heterocycles. The summed E-state index contributed by atoms with van der Waals surface area (Å²) in [5, 5.41) is 6.44. The molecule has 1 aromatic heterocycles. The average molecular weight is 417 g/mol. The molecule has 0 bridgehead atoms. The number of nitrogens with zero attached hydrogens (tertiary/aromatic N) is 1. The molecule has 0 radical (unpaired) electrons. The van der Waals surface area contributed by atoms with E-state index in [4.69, 9.17) is 0 Å². The molecule has 0 saturated heterocycles. The molecule has 0 spiro atoms. The Labute approximate surface area is 169 Å². The number of alkyl halides is 3. The predicted molar refractivity (Wildman–Crippen MR) is 103 cm³/mol. The SMILES string of the molecule is O=C(Nc1cccc(-c2noc(=O)[nH]2)c1)C1(c2cccc(C(F)(F)F)c2)CCCC1. The summed E-state index contributed by atoms with van der Waals surface area (Å²) in [5.74, 6) is -0.844. The number of hydrogen-bond donors (Lipinski definition) is 2. The van der Waals surface area contributed by atoms with Crippen LogP contribution >= 0.6 is 0 Å². The summed E-state index contributed by atoms with van der Waals surface area (Å²) in [4.78, 5) is 26.9. The molecule has 9 heteroatoms. The van der Waals surface area contributed by atoms with Crippen molar-refractivity contribution in [2.45, 2.75) is 37.3 Å². The van der Waals surface area contributed by atoms with Gasteiger partial charge in [0.15, 0.2) is 5.82 Å². The van der Waals surface area contributed by atoms with Crippen LogP contribution in [0.1, 0.15) is 36.8 Å². The van der Waals surface area contributed by atoms with E-state index < -0.39 is 22.9 Å². The molecule has 0 unspecified atom stereocenters. The molecule has 1 amide bonds. The van der Waals surface area contributed by atoms with Gasteiger partial charge >= 0.3 is 11.9 Å². The van der Waals surface area contributed by atoms with Crippen molar-refractivity contribution in [3.05, 3.63) is 70.2 Å². The summed E-state index contributed by atoms with van der Waals surface area (Å²) in [6.07, 6.45) is -2.03. The van der Waals surface area contributed by atoms with Crippen LogP contribution in [-0.4, -0.2) is 16.0 Å². The number of aromatic amines is 1. The van der Waals surface area contributed by atoms with E-state index in [0.717, 1.165) is 25.0 Å². The van der Waals surface area contributed by atoms with Crippen molar-refractivity contribution in [2.75, 3.05) is 5.32 Å². The Kier molecular flexibility index (Phi) is 4.97. The Bertz CT molecular complexity index is 1130. The molecule has 1 heterocycles. The number of amides is 1. The number of rotatable bonds is 4. The first-order chi connectivity index (χ1) is 14.3. The van der Waals surface area contributed by atoms with Crippen LogP contribution in [0.3, 0.4) is 0 Å². The van der Waals surface area contributed by atoms with Crippen molar-refractivity contribution >= 4 is 11.6 Å². The Hall–Kier alpha value is -3.36. The van der Waals surface area contributed by atoms with Crippen molar-refractivity contribution in [3.8, 4) is 11.4 Å². The lowest BCUT2D eigenvalue weighted by Crippen LogP contribution is -2.38. The Morgan fingerprint density at radius 1 is 1.10 bits per heavy atom. The average Bonchev–Trinajstić information content (AvgIpc) is 3.38. The Balaban J connectivity index is 1.65. The molecule has 1 aliphatic rings. The third-order valence-electron chi connectivity index (χ3n) is 5.47. The summed E-state index contributed by atoms with van der Waals surface area (Å²) in [6, 6.07) is 11.6. The van der Waals surface area contributed by atoms with Crippen LogP contribution in [0.2, 0.25) is 0 Å². The van der Waals surface area contributed by atoms with Gasteiger partial charge in [0.1, 0.15) is 0 Å². The van der Waals surface area contributed by atoms with Gasteiger partial charge in [-0.25, -0.2) is 4.79 Å². The Morgan fingerprint density at radius 3 is 2.50 bits per heavy atom. The minimum absolute atomic E-state index is 0.213. The van der Waals surface area contributed by atoms with Gasteiger partial charge in [-0.05, 0) is 36.6 Å². The third-order valence-corrected chi connectivity index (χ3v) is 5.47. The molecule has 0 atom stereocenters. The topological polar surface area (TPSA) is 88.0 Å². The number of halogens is 3. The van der Waals surface area contributed by atoms with E-state index in [1.54, 1.807) is 30.3 Å². The molecule has 1 saturated carbocycles. The van der Waals surface area contributed by atoms with Crippen molar-refractivity contribution in [1.82, 2.24) is 10.1 Å². The van der Waals surface area contributed by atoms with Gasteiger partial charge in [-0.15, -0.1) is 0 Å². The molecule has 4 rings (SSSR count). The summed E-state index contributed by atoms with van der Waals surface area (Å²) in [5.41, 5.74) is -0.461. The van der Waals surface area contributed by atoms with Crippen molar-refractivity contribution in [2.24, 2.45) is 0 Å². The summed E-state index contributed by atoms with van der Waals surface area (Å²) in [6.45, 7) is 0. The van der Waals surface area contributed by atoms with Crippen LogP contribution < -0.4 is 11.1 Å². The molecule has 2 N–H and O–H groups in total. The number of anilines is 1. The zero-order valence-electron chi connectivity index (χ0n) is 15.8. The lowest BCUT2D eigenvalue weighted by molar-refractivity contribution is -0.137. The molecule has 2 aromatic carbocycles. The first kappa shape index (κ1) is 19.9. The zero-order chi connectivity index (χ0) is 21.4. The molecule has 30 heavy (non-hydrogen) atoms. The highest BCUT2D eigenvalue weighted by atomic mass is 19.4. The fraction of sp³-hybridized carbons (Fsp3) is 0.286. The number of carbonyl (C=O) groups is 1. The van der Waals surface area contributed by atoms with Gasteiger partial charge in [0.25, 0.3) is 0 Å². The summed E-state index contributed by atoms with van der Waals surface area (Å²) >= 11 is 0. The minimum Gasteiger partial charge on any atom is -0.325 e. The Morgan fingerprint density at radius 2 is 1.83 bits per heavy atom. The van der Waals surface area contributed by atoms with Crippen LogP contribution in [0.25, 0.3) is 11.4 Å². The van der Waals surface area contributed by atoms with Crippen LogP contribution in [0.4, 0.5) is 18.9 Å². The van der Waals surface area contributed by atoms with Gasteiger partial charge in [-0.3, -0.25) is 14.3 Å². The van der Waals surface area contributed by atoms with Crippen LogP contribution in [0.5, 0.6) is 0 Å². The zero-order valence-corrected chi connectivity index (χ0v) is 15.8. The van der Waals surface area contributed by atoms with E-state index in [1.165, 1.54) is 6.07 Å². The van der Waals surface area contributed by atoms with E-state index in [-0.39, 0.29) is 11.7 Å².